The van der Waals surface area contributed by atoms with Gasteiger partial charge in [0.2, 0.25) is 0 Å². The zero-order valence-electron chi connectivity index (χ0n) is 10.2. The van der Waals surface area contributed by atoms with Crippen LogP contribution < -0.4 is 0 Å². The molecule has 0 saturated heterocycles. The Morgan fingerprint density at radius 2 is 2.16 bits per heavy atom. The van der Waals surface area contributed by atoms with Crippen molar-refractivity contribution in [3.05, 3.63) is 53.0 Å². The Kier molecular flexibility index (Phi) is 3.29. The Hall–Kier alpha value is -1.39. The maximum atomic E-state index is 6.25. The van der Waals surface area contributed by atoms with Gasteiger partial charge in [-0.2, -0.15) is 0 Å². The molecular formula is C14H11BrClN3. The first-order chi connectivity index (χ1) is 9.16. The van der Waals surface area contributed by atoms with Gasteiger partial charge in [0.15, 0.2) is 0 Å². The van der Waals surface area contributed by atoms with E-state index in [2.05, 4.69) is 30.5 Å². The number of hydrogen-bond donors (Lipinski definition) is 0. The predicted molar refractivity (Wildman–Crippen MR) is 80.8 cm³/mol. The largest absolute Gasteiger partial charge is 0.295 e. The van der Waals surface area contributed by atoms with Gasteiger partial charge in [-0.25, -0.2) is 4.98 Å². The summed E-state index contributed by atoms with van der Waals surface area (Å²) in [7, 11) is 0. The maximum Gasteiger partial charge on any atom is 0.132 e. The summed E-state index contributed by atoms with van der Waals surface area (Å²) in [5.74, 6) is 0.822. The lowest BCUT2D eigenvalue weighted by Gasteiger charge is -2.10. The number of imidazole rings is 1. The van der Waals surface area contributed by atoms with E-state index >= 15 is 0 Å². The number of hydrogen-bond acceptors (Lipinski definition) is 2. The average molecular weight is 337 g/mol. The molecule has 1 atom stereocenters. The van der Waals surface area contributed by atoms with Crippen LogP contribution in [-0.2, 0) is 0 Å². The summed E-state index contributed by atoms with van der Waals surface area (Å²) in [5, 5.41) is -0.175. The van der Waals surface area contributed by atoms with Gasteiger partial charge in [-0.15, -0.1) is 11.6 Å². The summed E-state index contributed by atoms with van der Waals surface area (Å²) in [5.41, 5.74) is 2.89. The molecule has 2 aromatic heterocycles. The van der Waals surface area contributed by atoms with Gasteiger partial charge < -0.3 is 0 Å². The minimum absolute atomic E-state index is 0.175. The van der Waals surface area contributed by atoms with Crippen LogP contribution in [0.1, 0.15) is 18.1 Å². The van der Waals surface area contributed by atoms with Crippen LogP contribution in [0.2, 0.25) is 0 Å². The van der Waals surface area contributed by atoms with Crippen LogP contribution in [0, 0.1) is 0 Å². The quantitative estimate of drug-likeness (QED) is 0.646. The van der Waals surface area contributed by atoms with Crippen molar-refractivity contribution in [3.63, 3.8) is 0 Å². The molecule has 0 aliphatic carbocycles. The standard InChI is InChI=1S/C14H11BrClN3/c1-9(16)14-18-12-8-17-6-5-13(12)19(14)11-4-2-3-10(15)7-11/h2-9H,1H3. The van der Waals surface area contributed by atoms with Crippen molar-refractivity contribution < 1.29 is 0 Å². The SMILES string of the molecule is CC(Cl)c1nc2cnccc2n1-c1cccc(Br)c1. The molecule has 5 heteroatoms. The smallest absolute Gasteiger partial charge is 0.132 e. The number of alkyl halides is 1. The fraction of sp³-hybridized carbons (Fsp3) is 0.143. The summed E-state index contributed by atoms with van der Waals surface area (Å²) in [6.07, 6.45) is 3.52. The molecule has 0 aliphatic heterocycles. The number of fused-ring (bicyclic) bond motifs is 1. The molecule has 0 fully saturated rings. The third-order valence-corrected chi connectivity index (χ3v) is 3.59. The Balaban J connectivity index is 2.34. The third kappa shape index (κ3) is 2.26. The summed E-state index contributed by atoms with van der Waals surface area (Å²) in [4.78, 5) is 8.68. The molecular weight excluding hydrogens is 326 g/mol. The van der Waals surface area contributed by atoms with Gasteiger partial charge in [0.1, 0.15) is 11.3 Å². The van der Waals surface area contributed by atoms with Crippen LogP contribution in [0.4, 0.5) is 0 Å². The molecule has 2 heterocycles. The maximum absolute atomic E-state index is 6.25. The molecule has 3 nitrogen and oxygen atoms in total. The van der Waals surface area contributed by atoms with Crippen LogP contribution in [-0.4, -0.2) is 14.5 Å². The van der Waals surface area contributed by atoms with E-state index in [-0.39, 0.29) is 5.38 Å². The van der Waals surface area contributed by atoms with Crippen molar-refractivity contribution in [2.24, 2.45) is 0 Å². The van der Waals surface area contributed by atoms with Gasteiger partial charge in [-0.05, 0) is 31.2 Å². The molecule has 0 amide bonds. The minimum Gasteiger partial charge on any atom is -0.295 e. The molecule has 3 rings (SSSR count). The molecule has 1 aromatic carbocycles. The van der Waals surface area contributed by atoms with Crippen molar-refractivity contribution in [1.82, 2.24) is 14.5 Å². The van der Waals surface area contributed by atoms with E-state index in [4.69, 9.17) is 11.6 Å². The first-order valence-electron chi connectivity index (χ1n) is 5.89. The summed E-state index contributed by atoms with van der Waals surface area (Å²) >= 11 is 9.75. The van der Waals surface area contributed by atoms with Crippen LogP contribution in [0.25, 0.3) is 16.7 Å². The van der Waals surface area contributed by atoms with Gasteiger partial charge in [0, 0.05) is 16.4 Å². The van der Waals surface area contributed by atoms with Crippen LogP contribution >= 0.6 is 27.5 Å². The zero-order valence-corrected chi connectivity index (χ0v) is 12.6. The van der Waals surface area contributed by atoms with Gasteiger partial charge >= 0.3 is 0 Å². The molecule has 0 spiro atoms. The van der Waals surface area contributed by atoms with Gasteiger partial charge in [-0.1, -0.05) is 22.0 Å². The van der Waals surface area contributed by atoms with Crippen molar-refractivity contribution in [3.8, 4) is 5.69 Å². The first-order valence-corrected chi connectivity index (χ1v) is 7.12. The molecule has 0 N–H and O–H groups in total. The molecule has 96 valence electrons. The van der Waals surface area contributed by atoms with Crippen LogP contribution in [0.15, 0.2) is 47.2 Å². The molecule has 0 radical (unpaired) electrons. The first kappa shape index (κ1) is 12.6. The van der Waals surface area contributed by atoms with Crippen molar-refractivity contribution in [2.75, 3.05) is 0 Å². The number of benzene rings is 1. The summed E-state index contributed by atoms with van der Waals surface area (Å²) < 4.78 is 3.09. The third-order valence-electron chi connectivity index (χ3n) is 2.90. The van der Waals surface area contributed by atoms with E-state index in [1.807, 2.05) is 37.3 Å². The highest BCUT2D eigenvalue weighted by atomic mass is 79.9. The van der Waals surface area contributed by atoms with E-state index in [9.17, 15) is 0 Å². The minimum atomic E-state index is -0.175. The number of nitrogens with zero attached hydrogens (tertiary/aromatic N) is 3. The normalized spacial score (nSPS) is 12.8. The number of halogens is 2. The fourth-order valence-corrected chi connectivity index (χ4v) is 2.64. The Morgan fingerprint density at radius 3 is 2.89 bits per heavy atom. The zero-order chi connectivity index (χ0) is 13.4. The highest BCUT2D eigenvalue weighted by Gasteiger charge is 2.16. The Bertz CT molecular complexity index is 736. The lowest BCUT2D eigenvalue weighted by atomic mass is 10.3. The lowest BCUT2D eigenvalue weighted by molar-refractivity contribution is 0.882. The van der Waals surface area contributed by atoms with E-state index < -0.39 is 0 Å². The second-order valence-electron chi connectivity index (χ2n) is 4.27. The fourth-order valence-electron chi connectivity index (χ4n) is 2.10. The van der Waals surface area contributed by atoms with Crippen LogP contribution in [0.3, 0.4) is 0 Å². The van der Waals surface area contributed by atoms with E-state index in [1.165, 1.54) is 0 Å². The highest BCUT2D eigenvalue weighted by Crippen LogP contribution is 2.28. The van der Waals surface area contributed by atoms with Gasteiger partial charge in [0.05, 0.1) is 17.1 Å². The monoisotopic (exact) mass is 335 g/mol. The second kappa shape index (κ2) is 4.94. The topological polar surface area (TPSA) is 30.7 Å². The number of pyridine rings is 1. The number of rotatable bonds is 2. The number of aromatic nitrogens is 3. The van der Waals surface area contributed by atoms with Crippen molar-refractivity contribution in [1.29, 1.82) is 0 Å². The molecule has 19 heavy (non-hydrogen) atoms. The highest BCUT2D eigenvalue weighted by molar-refractivity contribution is 9.10. The Morgan fingerprint density at radius 1 is 1.32 bits per heavy atom. The van der Waals surface area contributed by atoms with Crippen LogP contribution in [0.5, 0.6) is 0 Å². The molecule has 1 unspecified atom stereocenters. The molecule has 0 aliphatic rings. The lowest BCUT2D eigenvalue weighted by Crippen LogP contribution is -2.01. The molecule has 0 bridgehead atoms. The van der Waals surface area contributed by atoms with E-state index in [0.29, 0.717) is 0 Å². The van der Waals surface area contributed by atoms with E-state index in [0.717, 1.165) is 27.0 Å². The van der Waals surface area contributed by atoms with Gasteiger partial charge in [0.25, 0.3) is 0 Å². The summed E-state index contributed by atoms with van der Waals surface area (Å²) in [6.45, 7) is 1.92. The van der Waals surface area contributed by atoms with Gasteiger partial charge in [-0.3, -0.25) is 9.55 Å². The summed E-state index contributed by atoms with van der Waals surface area (Å²) in [6, 6.07) is 10.0. The predicted octanol–water partition coefficient (Wildman–Crippen LogP) is 4.48. The molecule has 3 aromatic rings. The average Bonchev–Trinajstić information content (AvgIpc) is 2.78. The second-order valence-corrected chi connectivity index (χ2v) is 5.84. The molecule has 0 saturated carbocycles. The van der Waals surface area contributed by atoms with Crippen molar-refractivity contribution >= 4 is 38.6 Å². The van der Waals surface area contributed by atoms with Crippen molar-refractivity contribution in [2.45, 2.75) is 12.3 Å². The Labute approximate surface area is 124 Å². The van der Waals surface area contributed by atoms with E-state index in [1.54, 1.807) is 12.4 Å².